The zero-order chi connectivity index (χ0) is 17.7. The zero-order valence-corrected chi connectivity index (χ0v) is 15.0. The van der Waals surface area contributed by atoms with Gasteiger partial charge in [-0.3, -0.25) is 10.1 Å². The maximum atomic E-state index is 12.7. The third kappa shape index (κ3) is 2.74. The first kappa shape index (κ1) is 16.6. The van der Waals surface area contributed by atoms with Crippen LogP contribution < -0.4 is 10.6 Å². The lowest BCUT2D eigenvalue weighted by molar-refractivity contribution is -0.122. The van der Waals surface area contributed by atoms with Crippen molar-refractivity contribution in [2.75, 3.05) is 0 Å². The monoisotopic (exact) mass is 356 g/mol. The molecule has 3 aliphatic rings. The van der Waals surface area contributed by atoms with Crippen molar-refractivity contribution in [3.63, 3.8) is 0 Å². The Morgan fingerprint density at radius 2 is 1.96 bits per heavy atom. The summed E-state index contributed by atoms with van der Waals surface area (Å²) in [6.07, 6.45) is 4.50. The van der Waals surface area contributed by atoms with Gasteiger partial charge in [0.25, 0.3) is 0 Å². The molecular weight excluding hydrogens is 336 g/mol. The molecule has 3 atom stereocenters. The lowest BCUT2D eigenvalue weighted by atomic mass is 9.89. The van der Waals surface area contributed by atoms with Gasteiger partial charge in [0, 0.05) is 16.3 Å². The Morgan fingerprint density at radius 3 is 2.64 bits per heavy atom. The summed E-state index contributed by atoms with van der Waals surface area (Å²) in [5, 5.41) is 17.6. The van der Waals surface area contributed by atoms with Gasteiger partial charge in [-0.1, -0.05) is 35.9 Å². The first-order chi connectivity index (χ1) is 12.0. The number of amides is 1. The molecule has 1 aromatic rings. The Labute approximate surface area is 152 Å². The van der Waals surface area contributed by atoms with Gasteiger partial charge in [-0.05, 0) is 55.0 Å². The van der Waals surface area contributed by atoms with E-state index in [2.05, 4.69) is 36.6 Å². The number of allylic oxidation sites excluding steroid dienone is 4. The molecule has 4 rings (SSSR count). The van der Waals surface area contributed by atoms with E-state index in [-0.39, 0.29) is 17.9 Å². The molecule has 0 saturated carbocycles. The molecule has 2 aliphatic heterocycles. The topological polar surface area (TPSA) is 61.4 Å². The maximum absolute atomic E-state index is 12.7. The average molecular weight is 357 g/mol. The average Bonchev–Trinajstić information content (AvgIpc) is 3.10. The summed E-state index contributed by atoms with van der Waals surface area (Å²) >= 11 is 6.04. The van der Waals surface area contributed by atoms with Crippen LogP contribution in [0.15, 0.2) is 52.2 Å². The molecule has 0 spiro atoms. The fourth-order valence-electron chi connectivity index (χ4n) is 3.90. The van der Waals surface area contributed by atoms with Gasteiger partial charge in [0.15, 0.2) is 0 Å². The minimum absolute atomic E-state index is 0.0566. The van der Waals surface area contributed by atoms with Crippen molar-refractivity contribution in [1.29, 1.82) is 0 Å². The highest BCUT2D eigenvalue weighted by Crippen LogP contribution is 2.43. The molecule has 1 aromatic carbocycles. The number of benzene rings is 1. The number of carbonyl (C=O) groups is 1. The van der Waals surface area contributed by atoms with Crippen LogP contribution in [0.3, 0.4) is 0 Å². The van der Waals surface area contributed by atoms with Crippen molar-refractivity contribution in [2.24, 2.45) is 5.92 Å². The first-order valence-corrected chi connectivity index (χ1v) is 8.95. The molecule has 1 fully saturated rings. The Balaban J connectivity index is 1.74. The van der Waals surface area contributed by atoms with Crippen LogP contribution in [0.1, 0.15) is 35.6 Å². The molecule has 0 aromatic heterocycles. The molecule has 3 unspecified atom stereocenters. The standard InChI is InChI=1S/C20H21ClN2O2/c1-10-3-4-13(9-11(10)2)18-16-15(19(24)23-18)17(22-20(16)25)12-5-7-14(21)8-6-12/h3-5,7,9,16,18-19,23-24H,6,8H2,1-2H3,(H,22,25). The van der Waals surface area contributed by atoms with Crippen molar-refractivity contribution in [2.45, 2.75) is 39.0 Å². The summed E-state index contributed by atoms with van der Waals surface area (Å²) in [6, 6.07) is 5.97. The molecule has 1 amide bonds. The second kappa shape index (κ2) is 6.13. The Hall–Kier alpha value is -1.88. The molecule has 25 heavy (non-hydrogen) atoms. The molecule has 2 heterocycles. The molecule has 3 N–H and O–H groups in total. The number of hydrogen-bond acceptors (Lipinski definition) is 3. The van der Waals surface area contributed by atoms with E-state index in [0.29, 0.717) is 0 Å². The van der Waals surface area contributed by atoms with Gasteiger partial charge in [-0.15, -0.1) is 0 Å². The van der Waals surface area contributed by atoms with Gasteiger partial charge in [-0.2, -0.15) is 0 Å². The van der Waals surface area contributed by atoms with Gasteiger partial charge in [-0.25, -0.2) is 0 Å². The van der Waals surface area contributed by atoms with Crippen LogP contribution in [0, 0.1) is 19.8 Å². The Bertz CT molecular complexity index is 853. The van der Waals surface area contributed by atoms with Gasteiger partial charge in [0.1, 0.15) is 6.23 Å². The predicted molar refractivity (Wildman–Crippen MR) is 97.7 cm³/mol. The lowest BCUT2D eigenvalue weighted by Crippen LogP contribution is -2.32. The Kier molecular flexibility index (Phi) is 4.07. The van der Waals surface area contributed by atoms with Crippen LogP contribution in [0.4, 0.5) is 0 Å². The van der Waals surface area contributed by atoms with Gasteiger partial charge in [0.2, 0.25) is 5.91 Å². The van der Waals surface area contributed by atoms with Crippen molar-refractivity contribution in [1.82, 2.24) is 10.6 Å². The molecule has 0 radical (unpaired) electrons. The van der Waals surface area contributed by atoms with Crippen LogP contribution >= 0.6 is 11.6 Å². The lowest BCUT2D eigenvalue weighted by Gasteiger charge is -2.18. The fraction of sp³-hybridized carbons (Fsp3) is 0.350. The number of fused-ring (bicyclic) bond motifs is 1. The smallest absolute Gasteiger partial charge is 0.233 e. The van der Waals surface area contributed by atoms with Gasteiger partial charge >= 0.3 is 0 Å². The normalized spacial score (nSPS) is 28.6. The number of rotatable bonds is 2. The third-order valence-electron chi connectivity index (χ3n) is 5.43. The van der Waals surface area contributed by atoms with Crippen LogP contribution in [-0.2, 0) is 4.79 Å². The van der Waals surface area contributed by atoms with E-state index in [1.54, 1.807) is 0 Å². The number of halogens is 1. The second-order valence-corrected chi connectivity index (χ2v) is 7.48. The molecule has 1 saturated heterocycles. The predicted octanol–water partition coefficient (Wildman–Crippen LogP) is 3.11. The summed E-state index contributed by atoms with van der Waals surface area (Å²) in [5.41, 5.74) is 5.97. The van der Waals surface area contributed by atoms with E-state index < -0.39 is 6.23 Å². The molecule has 0 bridgehead atoms. The van der Waals surface area contributed by atoms with E-state index >= 15 is 0 Å². The van der Waals surface area contributed by atoms with Crippen LogP contribution in [0.5, 0.6) is 0 Å². The summed E-state index contributed by atoms with van der Waals surface area (Å²) in [4.78, 5) is 12.7. The molecular formula is C20H21ClN2O2. The Morgan fingerprint density at radius 1 is 1.16 bits per heavy atom. The van der Waals surface area contributed by atoms with Crippen molar-refractivity contribution < 1.29 is 9.90 Å². The van der Waals surface area contributed by atoms with E-state index in [4.69, 9.17) is 11.6 Å². The number of hydrogen-bond donors (Lipinski definition) is 3. The number of aliphatic hydroxyl groups is 1. The maximum Gasteiger partial charge on any atom is 0.233 e. The van der Waals surface area contributed by atoms with Crippen LogP contribution in [0.2, 0.25) is 0 Å². The van der Waals surface area contributed by atoms with E-state index in [0.717, 1.165) is 40.3 Å². The highest BCUT2D eigenvalue weighted by Gasteiger charge is 2.49. The zero-order valence-electron chi connectivity index (χ0n) is 14.3. The highest BCUT2D eigenvalue weighted by atomic mass is 35.5. The molecule has 4 nitrogen and oxygen atoms in total. The van der Waals surface area contributed by atoms with Crippen molar-refractivity contribution in [3.8, 4) is 0 Å². The third-order valence-corrected chi connectivity index (χ3v) is 5.74. The van der Waals surface area contributed by atoms with Crippen LogP contribution in [-0.4, -0.2) is 17.2 Å². The fourth-order valence-corrected chi connectivity index (χ4v) is 4.05. The van der Waals surface area contributed by atoms with Crippen LogP contribution in [0.25, 0.3) is 0 Å². The number of aliphatic hydroxyl groups excluding tert-OH is 1. The first-order valence-electron chi connectivity index (χ1n) is 8.57. The SMILES string of the molecule is Cc1ccc(C2NC(O)C3=C(C4=CC=C(Cl)CC4)NC(=O)C32)cc1C. The van der Waals surface area contributed by atoms with E-state index in [9.17, 15) is 9.90 Å². The number of aryl methyl sites for hydroxylation is 2. The van der Waals surface area contributed by atoms with Crippen molar-refractivity contribution >= 4 is 17.5 Å². The summed E-state index contributed by atoms with van der Waals surface area (Å²) < 4.78 is 0. The quantitative estimate of drug-likeness (QED) is 0.763. The van der Waals surface area contributed by atoms with Gasteiger partial charge < -0.3 is 10.4 Å². The van der Waals surface area contributed by atoms with E-state index in [1.807, 2.05) is 18.2 Å². The largest absolute Gasteiger partial charge is 0.375 e. The van der Waals surface area contributed by atoms with Gasteiger partial charge in [0.05, 0.1) is 12.0 Å². The second-order valence-electron chi connectivity index (χ2n) is 6.99. The summed E-state index contributed by atoms with van der Waals surface area (Å²) in [6.45, 7) is 4.12. The van der Waals surface area contributed by atoms with E-state index in [1.165, 1.54) is 11.1 Å². The molecule has 130 valence electrons. The minimum atomic E-state index is -0.826. The highest BCUT2D eigenvalue weighted by molar-refractivity contribution is 6.29. The summed E-state index contributed by atoms with van der Waals surface area (Å²) in [5.74, 6) is -0.437. The number of carbonyl (C=O) groups excluding carboxylic acids is 1. The minimum Gasteiger partial charge on any atom is -0.375 e. The van der Waals surface area contributed by atoms with Crippen molar-refractivity contribution in [3.05, 3.63) is 68.9 Å². The molecule has 1 aliphatic carbocycles. The molecule has 5 heteroatoms. The summed E-state index contributed by atoms with van der Waals surface area (Å²) in [7, 11) is 0. The number of nitrogens with one attached hydrogen (secondary N) is 2.